The first-order chi connectivity index (χ1) is 12.8. The van der Waals surface area contributed by atoms with E-state index < -0.39 is 0 Å². The van der Waals surface area contributed by atoms with Gasteiger partial charge in [0.25, 0.3) is 0 Å². The first-order valence-electron chi connectivity index (χ1n) is 9.24. The van der Waals surface area contributed by atoms with Crippen molar-refractivity contribution in [1.82, 2.24) is 0 Å². The molecule has 0 aliphatic heterocycles. The highest BCUT2D eigenvalue weighted by Gasteiger charge is 2.32. The Morgan fingerprint density at radius 1 is 1.33 bits per heavy atom. The van der Waals surface area contributed by atoms with Gasteiger partial charge in [-0.05, 0) is 53.9 Å². The van der Waals surface area contributed by atoms with Gasteiger partial charge in [-0.15, -0.1) is 11.3 Å². The van der Waals surface area contributed by atoms with Crippen LogP contribution in [0.15, 0.2) is 29.3 Å². The van der Waals surface area contributed by atoms with Gasteiger partial charge >= 0.3 is 0 Å². The van der Waals surface area contributed by atoms with E-state index in [0.29, 0.717) is 5.92 Å². The van der Waals surface area contributed by atoms with E-state index in [1.54, 1.807) is 17.6 Å². The molecular weight excluding hydrogens is 354 g/mol. The number of nitrogens with one attached hydrogen (secondary N) is 1. The van der Waals surface area contributed by atoms with Crippen LogP contribution < -0.4 is 5.32 Å². The summed E-state index contributed by atoms with van der Waals surface area (Å²) in [5, 5.41) is 13.2. The zero-order valence-electron chi connectivity index (χ0n) is 16.3. The summed E-state index contributed by atoms with van der Waals surface area (Å²) >= 11 is 1.66. The van der Waals surface area contributed by atoms with Gasteiger partial charge in [-0.2, -0.15) is 5.26 Å². The van der Waals surface area contributed by atoms with E-state index in [2.05, 4.69) is 37.1 Å². The van der Waals surface area contributed by atoms with Crippen LogP contribution in [-0.4, -0.2) is 12.1 Å². The van der Waals surface area contributed by atoms with Crippen molar-refractivity contribution >= 4 is 34.1 Å². The number of hydrogen-bond donors (Lipinski definition) is 1. The minimum atomic E-state index is -0.0900. The molecule has 1 N–H and O–H groups in total. The van der Waals surface area contributed by atoms with E-state index >= 15 is 0 Å². The highest BCUT2D eigenvalue weighted by atomic mass is 32.1. The second-order valence-electron chi connectivity index (χ2n) is 8.16. The van der Waals surface area contributed by atoms with Crippen LogP contribution in [0.5, 0.6) is 0 Å². The van der Waals surface area contributed by atoms with Gasteiger partial charge in [0.05, 0.1) is 5.56 Å². The maximum absolute atomic E-state index is 11.1. The molecule has 0 radical (unpaired) electrons. The van der Waals surface area contributed by atoms with Crippen molar-refractivity contribution in [2.75, 3.05) is 5.32 Å². The Labute approximate surface area is 165 Å². The Balaban J connectivity index is 1.82. The van der Waals surface area contributed by atoms with E-state index in [-0.39, 0.29) is 11.3 Å². The molecule has 0 spiro atoms. The number of thiophene rings is 1. The fraction of sp³-hybridized carbons (Fsp3) is 0.409. The van der Waals surface area contributed by atoms with Gasteiger partial charge in [-0.1, -0.05) is 32.9 Å². The Kier molecular flexibility index (Phi) is 5.48. The van der Waals surface area contributed by atoms with Crippen molar-refractivity contribution in [3.63, 3.8) is 0 Å². The van der Waals surface area contributed by atoms with E-state index in [4.69, 9.17) is 0 Å². The summed E-state index contributed by atoms with van der Waals surface area (Å²) in [6.07, 6.45) is 4.93. The number of carbonyl (C=O) groups excluding carboxylic acids is 1. The molecule has 0 saturated heterocycles. The van der Waals surface area contributed by atoms with E-state index in [9.17, 15) is 10.1 Å². The van der Waals surface area contributed by atoms with Crippen LogP contribution in [-0.2, 0) is 17.6 Å². The first-order valence-corrected chi connectivity index (χ1v) is 10.1. The third-order valence-electron chi connectivity index (χ3n) is 5.15. The molecule has 27 heavy (non-hydrogen) atoms. The monoisotopic (exact) mass is 379 g/mol. The molecule has 1 amide bonds. The fourth-order valence-corrected chi connectivity index (χ4v) is 4.73. The lowest BCUT2D eigenvalue weighted by Gasteiger charge is -2.33. The number of benzene rings is 1. The quantitative estimate of drug-likeness (QED) is 0.718. The summed E-state index contributed by atoms with van der Waals surface area (Å²) < 4.78 is 0. The van der Waals surface area contributed by atoms with Crippen molar-refractivity contribution in [3.05, 3.63) is 45.8 Å². The number of hydrogen-bond acceptors (Lipinski definition) is 4. The summed E-state index contributed by atoms with van der Waals surface area (Å²) in [7, 11) is 0. The summed E-state index contributed by atoms with van der Waals surface area (Å²) in [4.78, 5) is 17.0. The van der Waals surface area contributed by atoms with Crippen molar-refractivity contribution in [1.29, 1.82) is 5.26 Å². The van der Waals surface area contributed by atoms with Gasteiger partial charge in [-0.3, -0.25) is 4.79 Å². The highest BCUT2D eigenvalue weighted by Crippen LogP contribution is 2.44. The second kappa shape index (κ2) is 7.66. The molecule has 2 aromatic rings. The zero-order chi connectivity index (χ0) is 19.6. The van der Waals surface area contributed by atoms with Crippen LogP contribution in [0.4, 0.5) is 10.7 Å². The lowest BCUT2D eigenvalue weighted by Crippen LogP contribution is -2.26. The summed E-state index contributed by atoms with van der Waals surface area (Å²) in [6.45, 7) is 8.38. The average Bonchev–Trinajstić information content (AvgIpc) is 2.96. The standard InChI is InChI=1S/C22H25N3OS/c1-14(26)25-17-8-5-15(6-9-17)13-24-21-19(12-23)18-10-7-16(22(2,3)4)11-20(18)27-21/h5-6,8-9,13,16H,7,10-11H2,1-4H3,(H,25,26)/t16-/m1/s1. The molecule has 0 bridgehead atoms. The zero-order valence-corrected chi connectivity index (χ0v) is 17.1. The van der Waals surface area contributed by atoms with E-state index in [1.807, 2.05) is 24.3 Å². The largest absolute Gasteiger partial charge is 0.326 e. The van der Waals surface area contributed by atoms with Gasteiger partial charge in [0.15, 0.2) is 0 Å². The highest BCUT2D eigenvalue weighted by molar-refractivity contribution is 7.16. The third kappa shape index (κ3) is 4.45. The normalized spacial score (nSPS) is 16.8. The number of carbonyl (C=O) groups is 1. The molecule has 0 saturated carbocycles. The smallest absolute Gasteiger partial charge is 0.221 e. The minimum absolute atomic E-state index is 0.0900. The Hall–Kier alpha value is -2.45. The molecule has 1 aliphatic carbocycles. The maximum Gasteiger partial charge on any atom is 0.221 e. The molecule has 140 valence electrons. The van der Waals surface area contributed by atoms with Gasteiger partial charge in [0.1, 0.15) is 11.1 Å². The van der Waals surface area contributed by atoms with Crippen molar-refractivity contribution in [2.45, 2.75) is 47.0 Å². The van der Waals surface area contributed by atoms with Crippen LogP contribution in [0.1, 0.15) is 55.7 Å². The maximum atomic E-state index is 11.1. The van der Waals surface area contributed by atoms with Crippen LogP contribution in [0, 0.1) is 22.7 Å². The molecule has 4 nitrogen and oxygen atoms in total. The molecule has 3 rings (SSSR count). The summed E-state index contributed by atoms with van der Waals surface area (Å²) in [6, 6.07) is 9.88. The van der Waals surface area contributed by atoms with Gasteiger partial charge in [0.2, 0.25) is 5.91 Å². The van der Waals surface area contributed by atoms with Gasteiger partial charge in [0, 0.05) is 23.7 Å². The number of amides is 1. The van der Waals surface area contributed by atoms with E-state index in [1.165, 1.54) is 17.4 Å². The number of nitriles is 1. The lowest BCUT2D eigenvalue weighted by molar-refractivity contribution is -0.114. The summed E-state index contributed by atoms with van der Waals surface area (Å²) in [5.74, 6) is 0.557. The third-order valence-corrected chi connectivity index (χ3v) is 6.31. The number of nitrogens with zero attached hydrogens (tertiary/aromatic N) is 2. The van der Waals surface area contributed by atoms with Crippen LogP contribution in [0.2, 0.25) is 0 Å². The van der Waals surface area contributed by atoms with Crippen LogP contribution in [0.25, 0.3) is 0 Å². The number of anilines is 1. The molecule has 1 aromatic heterocycles. The predicted molar refractivity (Wildman–Crippen MR) is 112 cm³/mol. The lowest BCUT2D eigenvalue weighted by atomic mass is 9.72. The molecule has 1 atom stereocenters. The van der Waals surface area contributed by atoms with Crippen molar-refractivity contribution in [3.8, 4) is 6.07 Å². The van der Waals surface area contributed by atoms with Crippen molar-refractivity contribution < 1.29 is 4.79 Å². The SMILES string of the molecule is CC(=O)Nc1ccc(C=Nc2sc3c(c2C#N)CC[C@@H](C(C)(C)C)C3)cc1. The molecule has 1 aromatic carbocycles. The summed E-state index contributed by atoms with van der Waals surface area (Å²) in [5.41, 5.74) is 3.93. The predicted octanol–water partition coefficient (Wildman–Crippen LogP) is 5.48. The Morgan fingerprint density at radius 2 is 2.04 bits per heavy atom. The topological polar surface area (TPSA) is 65.2 Å². The first kappa shape index (κ1) is 19.3. The molecule has 0 fully saturated rings. The van der Waals surface area contributed by atoms with Crippen LogP contribution in [0.3, 0.4) is 0 Å². The average molecular weight is 380 g/mol. The molecule has 0 unspecified atom stereocenters. The number of aliphatic imine (C=N–C) groups is 1. The van der Waals surface area contributed by atoms with Crippen LogP contribution >= 0.6 is 11.3 Å². The molecule has 1 heterocycles. The minimum Gasteiger partial charge on any atom is -0.326 e. The molecule has 5 heteroatoms. The van der Waals surface area contributed by atoms with Gasteiger partial charge in [-0.25, -0.2) is 4.99 Å². The Bertz CT molecular complexity index is 911. The van der Waals surface area contributed by atoms with Gasteiger partial charge < -0.3 is 5.32 Å². The molecular formula is C22H25N3OS. The molecule has 1 aliphatic rings. The Morgan fingerprint density at radius 3 is 2.63 bits per heavy atom. The van der Waals surface area contributed by atoms with Crippen molar-refractivity contribution in [2.24, 2.45) is 16.3 Å². The van der Waals surface area contributed by atoms with E-state index in [0.717, 1.165) is 41.1 Å². The number of fused-ring (bicyclic) bond motifs is 1. The fourth-order valence-electron chi connectivity index (χ4n) is 3.51. The number of rotatable bonds is 3. The second-order valence-corrected chi connectivity index (χ2v) is 9.25.